The zero-order valence-corrected chi connectivity index (χ0v) is 14.2. The number of carbonyl (C=O) groups is 1. The van der Waals surface area contributed by atoms with Crippen LogP contribution in [0.2, 0.25) is 0 Å². The van der Waals surface area contributed by atoms with Gasteiger partial charge < -0.3 is 14.6 Å². The average molecular weight is 368 g/mol. The number of aromatic amines is 1. The molecule has 26 heavy (non-hydrogen) atoms. The van der Waals surface area contributed by atoms with Crippen LogP contribution in [0, 0.1) is 0 Å². The monoisotopic (exact) mass is 368 g/mol. The molecule has 132 valence electrons. The molecule has 1 atom stereocenters. The summed E-state index contributed by atoms with van der Waals surface area (Å²) < 4.78 is 23.6. The third-order valence-electron chi connectivity index (χ3n) is 3.41. The Balaban J connectivity index is 1.72. The molecule has 0 spiro atoms. The van der Waals surface area contributed by atoms with Gasteiger partial charge in [-0.2, -0.15) is 5.10 Å². The molecule has 0 bridgehead atoms. The maximum absolute atomic E-state index is 12.1. The minimum absolute atomic E-state index is 0.354. The van der Waals surface area contributed by atoms with Crippen molar-refractivity contribution in [3.63, 3.8) is 0 Å². The van der Waals surface area contributed by atoms with E-state index in [9.17, 15) is 13.6 Å². The van der Waals surface area contributed by atoms with E-state index in [4.69, 9.17) is 0 Å². The van der Waals surface area contributed by atoms with Crippen LogP contribution in [0.15, 0.2) is 61.2 Å². The van der Waals surface area contributed by atoms with E-state index in [1.54, 1.807) is 49.1 Å². The lowest BCUT2D eigenvalue weighted by molar-refractivity contribution is -0.111. The van der Waals surface area contributed by atoms with Gasteiger partial charge in [-0.1, -0.05) is 6.07 Å². The smallest absolute Gasteiger partial charge is 0.248 e. The van der Waals surface area contributed by atoms with Crippen LogP contribution in [0.1, 0.15) is 5.56 Å². The van der Waals surface area contributed by atoms with Gasteiger partial charge in [0.05, 0.1) is 6.20 Å². The zero-order chi connectivity index (χ0) is 18.4. The number of nitrogens with one attached hydrogen (secondary N) is 3. The van der Waals surface area contributed by atoms with Crippen LogP contribution >= 0.6 is 0 Å². The molecule has 0 fully saturated rings. The Morgan fingerprint density at radius 3 is 2.85 bits per heavy atom. The van der Waals surface area contributed by atoms with Crippen LogP contribution in [0.3, 0.4) is 0 Å². The van der Waals surface area contributed by atoms with E-state index in [1.165, 1.54) is 12.1 Å². The Morgan fingerprint density at radius 1 is 1.23 bits per heavy atom. The number of aromatic nitrogens is 3. The Morgan fingerprint density at radius 2 is 2.08 bits per heavy atom. The number of benzene rings is 1. The van der Waals surface area contributed by atoms with Crippen molar-refractivity contribution in [2.75, 3.05) is 10.0 Å². The highest BCUT2D eigenvalue weighted by Crippen LogP contribution is 2.22. The summed E-state index contributed by atoms with van der Waals surface area (Å²) in [6.07, 6.45) is 9.79. The number of H-pyrrole nitrogens is 1. The van der Waals surface area contributed by atoms with E-state index in [-0.39, 0.29) is 5.91 Å². The van der Waals surface area contributed by atoms with Crippen LogP contribution in [-0.4, -0.2) is 29.9 Å². The third-order valence-corrected chi connectivity index (χ3v) is 3.81. The molecule has 0 aliphatic rings. The lowest BCUT2D eigenvalue weighted by Crippen LogP contribution is -2.08. The van der Waals surface area contributed by atoms with Gasteiger partial charge >= 0.3 is 0 Å². The van der Waals surface area contributed by atoms with Crippen molar-refractivity contribution >= 4 is 34.6 Å². The molecule has 3 N–H and O–H groups in total. The molecule has 3 aromatic rings. The van der Waals surface area contributed by atoms with Crippen molar-refractivity contribution in [3.8, 4) is 11.1 Å². The molecule has 8 nitrogen and oxygen atoms in total. The van der Waals surface area contributed by atoms with Crippen molar-refractivity contribution in [1.82, 2.24) is 15.2 Å². The molecule has 0 aliphatic heterocycles. The van der Waals surface area contributed by atoms with Gasteiger partial charge in [0.1, 0.15) is 0 Å². The zero-order valence-electron chi connectivity index (χ0n) is 13.4. The van der Waals surface area contributed by atoms with E-state index in [1.807, 2.05) is 6.07 Å². The Bertz CT molecular complexity index is 957. The summed E-state index contributed by atoms with van der Waals surface area (Å²) in [6, 6.07) is 8.22. The van der Waals surface area contributed by atoms with E-state index >= 15 is 0 Å². The Kier molecular flexibility index (Phi) is 5.52. The first-order valence-electron chi connectivity index (χ1n) is 7.50. The predicted molar refractivity (Wildman–Crippen MR) is 98.5 cm³/mol. The van der Waals surface area contributed by atoms with Gasteiger partial charge in [0, 0.05) is 58.4 Å². The van der Waals surface area contributed by atoms with Crippen LogP contribution < -0.4 is 10.0 Å². The number of amides is 1. The summed E-state index contributed by atoms with van der Waals surface area (Å²) in [5.74, 6) is -0.354. The first-order chi connectivity index (χ1) is 12.6. The van der Waals surface area contributed by atoms with E-state index in [2.05, 4.69) is 25.2 Å². The molecular weight excluding hydrogens is 354 g/mol. The van der Waals surface area contributed by atoms with Crippen molar-refractivity contribution in [2.24, 2.45) is 0 Å². The fourth-order valence-electron chi connectivity index (χ4n) is 2.31. The van der Waals surface area contributed by atoms with Gasteiger partial charge in [-0.25, -0.2) is 0 Å². The van der Waals surface area contributed by atoms with Crippen LogP contribution in [0.5, 0.6) is 0 Å². The van der Waals surface area contributed by atoms with Crippen molar-refractivity contribution in [2.45, 2.75) is 0 Å². The Labute approximate surface area is 151 Å². The summed E-state index contributed by atoms with van der Waals surface area (Å²) in [4.78, 5) is 16.2. The second-order valence-corrected chi connectivity index (χ2v) is 5.86. The molecule has 2 aromatic heterocycles. The summed E-state index contributed by atoms with van der Waals surface area (Å²) in [5.41, 5.74) is 3.37. The maximum atomic E-state index is 12.1. The predicted octanol–water partition coefficient (Wildman–Crippen LogP) is 2.33. The fourth-order valence-corrected chi connectivity index (χ4v) is 2.63. The van der Waals surface area contributed by atoms with E-state index in [0.717, 1.165) is 16.7 Å². The fraction of sp³-hybridized carbons (Fsp3) is 0. The average Bonchev–Trinajstić information content (AvgIpc) is 3.14. The summed E-state index contributed by atoms with van der Waals surface area (Å²) >= 11 is -2.42. The lowest BCUT2D eigenvalue weighted by Gasteiger charge is -2.10. The van der Waals surface area contributed by atoms with Crippen molar-refractivity contribution in [3.05, 3.63) is 66.8 Å². The topological polar surface area (TPSA) is 123 Å². The number of carbonyl (C=O) groups excluding carboxylic acids is 1. The molecule has 0 saturated carbocycles. The van der Waals surface area contributed by atoms with Crippen LogP contribution in [-0.2, 0) is 16.1 Å². The summed E-state index contributed by atoms with van der Waals surface area (Å²) in [6.45, 7) is 0. The van der Waals surface area contributed by atoms with Gasteiger partial charge in [-0.3, -0.25) is 19.1 Å². The standard InChI is InChI=1S/C17H15N5O3S/c23-17(21-14-2-1-3-15(8-14)22-26(24)25)5-4-12-9-18-7-6-16(12)13-10-19-20-11-13/h1-11,22H,(H,19,20)(H,21,23)(H,24,25)/p-1/b5-4+. The largest absolute Gasteiger partial charge is 0.755 e. The third kappa shape index (κ3) is 4.62. The first kappa shape index (κ1) is 17.5. The number of hydrogen-bond donors (Lipinski definition) is 3. The normalized spacial score (nSPS) is 12.0. The molecule has 3 rings (SSSR count). The summed E-state index contributed by atoms with van der Waals surface area (Å²) in [5, 5.41) is 9.34. The highest BCUT2D eigenvalue weighted by Gasteiger charge is 2.05. The van der Waals surface area contributed by atoms with Gasteiger partial charge in [-0.15, -0.1) is 0 Å². The molecule has 0 saturated heterocycles. The molecule has 1 unspecified atom stereocenters. The van der Waals surface area contributed by atoms with E-state index in [0.29, 0.717) is 11.4 Å². The highest BCUT2D eigenvalue weighted by molar-refractivity contribution is 7.80. The number of nitrogens with zero attached hydrogens (tertiary/aromatic N) is 2. The van der Waals surface area contributed by atoms with Gasteiger partial charge in [0.2, 0.25) is 5.91 Å². The second-order valence-electron chi connectivity index (χ2n) is 5.19. The van der Waals surface area contributed by atoms with Crippen LogP contribution in [0.4, 0.5) is 11.4 Å². The quantitative estimate of drug-likeness (QED) is 0.455. The number of rotatable bonds is 6. The van der Waals surface area contributed by atoms with Gasteiger partial charge in [0.15, 0.2) is 0 Å². The van der Waals surface area contributed by atoms with Crippen molar-refractivity contribution in [1.29, 1.82) is 0 Å². The second kappa shape index (κ2) is 8.19. The van der Waals surface area contributed by atoms with E-state index < -0.39 is 11.3 Å². The Hall–Kier alpha value is -3.30. The number of pyridine rings is 1. The van der Waals surface area contributed by atoms with Crippen LogP contribution in [0.25, 0.3) is 17.2 Å². The minimum Gasteiger partial charge on any atom is -0.755 e. The van der Waals surface area contributed by atoms with Crippen molar-refractivity contribution < 1.29 is 13.6 Å². The summed E-state index contributed by atoms with van der Waals surface area (Å²) in [7, 11) is 0. The molecule has 0 radical (unpaired) electrons. The lowest BCUT2D eigenvalue weighted by atomic mass is 10.0. The molecule has 0 aliphatic carbocycles. The molecule has 1 amide bonds. The number of anilines is 2. The molecule has 9 heteroatoms. The van der Waals surface area contributed by atoms with Gasteiger partial charge in [0.25, 0.3) is 0 Å². The molecule has 2 heterocycles. The number of hydrogen-bond acceptors (Lipinski definition) is 5. The maximum Gasteiger partial charge on any atom is 0.248 e. The van der Waals surface area contributed by atoms with Gasteiger partial charge in [-0.05, 0) is 35.9 Å². The molecule has 1 aromatic carbocycles. The minimum atomic E-state index is -2.42. The highest BCUT2D eigenvalue weighted by atomic mass is 32.2. The first-order valence-corrected chi connectivity index (χ1v) is 8.57. The SMILES string of the molecule is O=C(/C=C/c1cnccc1-c1cn[nH]c1)Nc1cccc(NS(=O)[O-])c1. The molecular formula is C17H14N5O3S-.